The molecule has 146 valence electrons. The van der Waals surface area contributed by atoms with E-state index in [1.54, 1.807) is 25.1 Å². The van der Waals surface area contributed by atoms with Crippen molar-refractivity contribution >= 4 is 22.7 Å². The Balaban J connectivity index is 1.50. The monoisotopic (exact) mass is 397 g/mol. The molecule has 5 aromatic rings. The average molecular weight is 397 g/mol. The maximum Gasteiger partial charge on any atom is 0.259 e. The normalized spacial score (nSPS) is 11.0. The smallest absolute Gasteiger partial charge is 0.259 e. The molecular weight excluding hydrogens is 382 g/mol. The predicted molar refractivity (Wildman–Crippen MR) is 110 cm³/mol. The molecule has 3 heterocycles. The summed E-state index contributed by atoms with van der Waals surface area (Å²) in [6, 6.07) is 18.5. The largest absolute Gasteiger partial charge is 0.335 e. The topological polar surface area (TPSA) is 122 Å². The molecule has 9 heteroatoms. The van der Waals surface area contributed by atoms with E-state index >= 15 is 0 Å². The highest BCUT2D eigenvalue weighted by atomic mass is 16.5. The van der Waals surface area contributed by atoms with Crippen molar-refractivity contribution < 1.29 is 9.32 Å². The molecule has 0 saturated heterocycles. The molecule has 0 aliphatic rings. The lowest BCUT2D eigenvalue weighted by molar-refractivity contribution is 0.102. The van der Waals surface area contributed by atoms with E-state index in [4.69, 9.17) is 4.52 Å². The van der Waals surface area contributed by atoms with Gasteiger partial charge in [0, 0.05) is 16.8 Å². The van der Waals surface area contributed by atoms with Crippen LogP contribution in [0.4, 0.5) is 5.69 Å². The van der Waals surface area contributed by atoms with Gasteiger partial charge in [0.2, 0.25) is 5.82 Å². The first-order valence-corrected chi connectivity index (χ1v) is 9.17. The molecule has 0 unspecified atom stereocenters. The Hall–Kier alpha value is -4.40. The Labute approximate surface area is 170 Å². The number of aryl methyl sites for hydroxylation is 1. The number of hydrogen-bond donors (Lipinski definition) is 2. The van der Waals surface area contributed by atoms with Crippen molar-refractivity contribution in [3.05, 3.63) is 71.9 Å². The Morgan fingerprint density at radius 3 is 2.57 bits per heavy atom. The van der Waals surface area contributed by atoms with E-state index in [2.05, 4.69) is 36.1 Å². The van der Waals surface area contributed by atoms with Gasteiger partial charge < -0.3 is 9.84 Å². The number of nitrogens with zero attached hydrogens (tertiary/aromatic N) is 5. The number of tetrazole rings is 1. The molecule has 0 saturated carbocycles. The molecule has 2 N–H and O–H groups in total. The number of benzene rings is 2. The van der Waals surface area contributed by atoms with Crippen LogP contribution >= 0.6 is 0 Å². The minimum absolute atomic E-state index is 0.279. The van der Waals surface area contributed by atoms with Crippen molar-refractivity contribution in [1.82, 2.24) is 30.8 Å². The van der Waals surface area contributed by atoms with Gasteiger partial charge in [0.25, 0.3) is 11.6 Å². The van der Waals surface area contributed by atoms with E-state index in [-0.39, 0.29) is 5.91 Å². The fraction of sp³-hybridized carbons (Fsp3) is 0.0476. The molecule has 0 fully saturated rings. The summed E-state index contributed by atoms with van der Waals surface area (Å²) < 4.78 is 5.35. The van der Waals surface area contributed by atoms with Crippen LogP contribution in [0, 0.1) is 6.92 Å². The van der Waals surface area contributed by atoms with E-state index in [0.29, 0.717) is 39.6 Å². The van der Waals surface area contributed by atoms with Gasteiger partial charge in [-0.25, -0.2) is 4.98 Å². The zero-order valence-corrected chi connectivity index (χ0v) is 15.8. The standard InChI is InChI=1S/C21H15N7O2/c1-12-18-16(11-17(23-21(18)30-26-12)13-5-3-2-4-6-13)20(29)22-15-9-7-14(8-10-15)19-24-27-28-25-19/h2-11H,1H3,(H,22,29)(H,24,25,27,28). The number of anilines is 1. The van der Waals surface area contributed by atoms with E-state index in [9.17, 15) is 4.79 Å². The second kappa shape index (κ2) is 7.21. The quantitative estimate of drug-likeness (QED) is 0.475. The second-order valence-corrected chi connectivity index (χ2v) is 6.64. The summed E-state index contributed by atoms with van der Waals surface area (Å²) in [5, 5.41) is 21.3. The van der Waals surface area contributed by atoms with Crippen LogP contribution < -0.4 is 5.32 Å². The molecule has 0 bridgehead atoms. The zero-order valence-electron chi connectivity index (χ0n) is 15.8. The number of nitrogens with one attached hydrogen (secondary N) is 2. The Bertz CT molecular complexity index is 1330. The summed E-state index contributed by atoms with van der Waals surface area (Å²) in [6.07, 6.45) is 0. The maximum absolute atomic E-state index is 13.1. The van der Waals surface area contributed by atoms with E-state index in [1.165, 1.54) is 0 Å². The number of hydrogen-bond acceptors (Lipinski definition) is 7. The lowest BCUT2D eigenvalue weighted by atomic mass is 10.0. The molecule has 9 nitrogen and oxygen atoms in total. The molecular formula is C21H15N7O2. The molecule has 0 radical (unpaired) electrons. The van der Waals surface area contributed by atoms with Crippen LogP contribution in [-0.4, -0.2) is 36.7 Å². The Kier molecular flexibility index (Phi) is 4.25. The van der Waals surface area contributed by atoms with Crippen molar-refractivity contribution in [3.8, 4) is 22.6 Å². The minimum Gasteiger partial charge on any atom is -0.335 e. The SMILES string of the molecule is Cc1noc2nc(-c3ccccc3)cc(C(=O)Nc3ccc(-c4nn[nH]n4)cc3)c12. The highest BCUT2D eigenvalue weighted by Gasteiger charge is 2.19. The van der Waals surface area contributed by atoms with Crippen LogP contribution in [0.25, 0.3) is 33.7 Å². The number of pyridine rings is 1. The van der Waals surface area contributed by atoms with Gasteiger partial charge in [0.15, 0.2) is 0 Å². The van der Waals surface area contributed by atoms with Gasteiger partial charge in [-0.3, -0.25) is 4.79 Å². The fourth-order valence-electron chi connectivity index (χ4n) is 3.22. The Morgan fingerprint density at radius 2 is 1.83 bits per heavy atom. The minimum atomic E-state index is -0.279. The van der Waals surface area contributed by atoms with Gasteiger partial charge >= 0.3 is 0 Å². The number of fused-ring (bicyclic) bond motifs is 1. The van der Waals surface area contributed by atoms with E-state index < -0.39 is 0 Å². The zero-order chi connectivity index (χ0) is 20.5. The molecule has 3 aromatic heterocycles. The maximum atomic E-state index is 13.1. The lowest BCUT2D eigenvalue weighted by Crippen LogP contribution is -2.13. The van der Waals surface area contributed by atoms with Crippen LogP contribution in [0.1, 0.15) is 16.1 Å². The van der Waals surface area contributed by atoms with Crippen LogP contribution in [0.2, 0.25) is 0 Å². The van der Waals surface area contributed by atoms with Gasteiger partial charge in [-0.1, -0.05) is 35.5 Å². The third-order valence-electron chi connectivity index (χ3n) is 4.68. The fourth-order valence-corrected chi connectivity index (χ4v) is 3.22. The van der Waals surface area contributed by atoms with Crippen molar-refractivity contribution in [1.29, 1.82) is 0 Å². The van der Waals surface area contributed by atoms with Gasteiger partial charge in [0.05, 0.1) is 22.3 Å². The van der Waals surface area contributed by atoms with Gasteiger partial charge in [-0.05, 0) is 42.5 Å². The summed E-state index contributed by atoms with van der Waals surface area (Å²) in [4.78, 5) is 17.7. The molecule has 1 amide bonds. The number of carbonyl (C=O) groups excluding carboxylic acids is 1. The number of rotatable bonds is 4. The number of carbonyl (C=O) groups is 1. The van der Waals surface area contributed by atoms with Gasteiger partial charge in [-0.2, -0.15) is 5.21 Å². The van der Waals surface area contributed by atoms with Crippen LogP contribution in [-0.2, 0) is 0 Å². The van der Waals surface area contributed by atoms with Crippen molar-refractivity contribution in [2.45, 2.75) is 6.92 Å². The Morgan fingerprint density at radius 1 is 1.03 bits per heavy atom. The average Bonchev–Trinajstić information content (AvgIpc) is 3.45. The number of aromatic nitrogens is 6. The highest BCUT2D eigenvalue weighted by molar-refractivity contribution is 6.13. The second-order valence-electron chi connectivity index (χ2n) is 6.64. The number of amides is 1. The highest BCUT2D eigenvalue weighted by Crippen LogP contribution is 2.28. The van der Waals surface area contributed by atoms with Crippen molar-refractivity contribution in [2.75, 3.05) is 5.32 Å². The van der Waals surface area contributed by atoms with E-state index in [1.807, 2.05) is 42.5 Å². The first-order chi connectivity index (χ1) is 14.7. The molecule has 0 aliphatic carbocycles. The molecule has 30 heavy (non-hydrogen) atoms. The van der Waals surface area contributed by atoms with Gasteiger partial charge in [0.1, 0.15) is 0 Å². The summed E-state index contributed by atoms with van der Waals surface area (Å²) in [5.41, 5.74) is 4.31. The first kappa shape index (κ1) is 17.7. The molecule has 0 spiro atoms. The first-order valence-electron chi connectivity index (χ1n) is 9.17. The summed E-state index contributed by atoms with van der Waals surface area (Å²) in [5.74, 6) is 0.203. The summed E-state index contributed by atoms with van der Waals surface area (Å²) >= 11 is 0. The lowest BCUT2D eigenvalue weighted by Gasteiger charge is -2.09. The van der Waals surface area contributed by atoms with Crippen molar-refractivity contribution in [2.24, 2.45) is 0 Å². The van der Waals surface area contributed by atoms with Crippen LogP contribution in [0.15, 0.2) is 65.2 Å². The summed E-state index contributed by atoms with van der Waals surface area (Å²) in [6.45, 7) is 1.78. The summed E-state index contributed by atoms with van der Waals surface area (Å²) in [7, 11) is 0. The van der Waals surface area contributed by atoms with Crippen LogP contribution in [0.5, 0.6) is 0 Å². The molecule has 5 rings (SSSR count). The third kappa shape index (κ3) is 3.18. The predicted octanol–water partition coefficient (Wildman–Crippen LogP) is 3.63. The number of H-pyrrole nitrogens is 1. The third-order valence-corrected chi connectivity index (χ3v) is 4.68. The van der Waals surface area contributed by atoms with Crippen molar-refractivity contribution in [3.63, 3.8) is 0 Å². The van der Waals surface area contributed by atoms with Gasteiger partial charge in [-0.15, -0.1) is 10.2 Å². The number of aromatic amines is 1. The molecule has 0 aliphatic heterocycles. The molecule has 2 aromatic carbocycles. The van der Waals surface area contributed by atoms with E-state index in [0.717, 1.165) is 11.1 Å². The van der Waals surface area contributed by atoms with Crippen LogP contribution in [0.3, 0.4) is 0 Å². The molecule has 0 atom stereocenters.